The third-order valence-electron chi connectivity index (χ3n) is 6.41. The van der Waals surface area contributed by atoms with Gasteiger partial charge in [-0.1, -0.05) is 47.5 Å². The van der Waals surface area contributed by atoms with Crippen LogP contribution in [0.25, 0.3) is 10.9 Å². The molecule has 0 saturated carbocycles. The first-order valence-corrected chi connectivity index (χ1v) is 11.8. The number of aliphatic carboxylic acids is 1. The smallest absolute Gasteiger partial charge is 0.310 e. The first kappa shape index (κ1) is 24.9. The maximum Gasteiger partial charge on any atom is 0.310 e. The molecule has 1 aromatic heterocycles. The van der Waals surface area contributed by atoms with E-state index in [-0.39, 0.29) is 12.3 Å². The van der Waals surface area contributed by atoms with E-state index < -0.39 is 23.3 Å². The normalized spacial score (nSPS) is 18.3. The second kappa shape index (κ2) is 10.2. The minimum absolute atomic E-state index is 0.236. The molecule has 2 heterocycles. The van der Waals surface area contributed by atoms with E-state index in [0.29, 0.717) is 52.4 Å². The Morgan fingerprint density at radius 2 is 1.94 bits per heavy atom. The lowest BCUT2D eigenvalue weighted by atomic mass is 9.86. The van der Waals surface area contributed by atoms with Crippen molar-refractivity contribution in [3.8, 4) is 0 Å². The third kappa shape index (κ3) is 4.69. The van der Waals surface area contributed by atoms with E-state index in [1.54, 1.807) is 30.3 Å². The monoisotopic (exact) mass is 514 g/mol. The Morgan fingerprint density at radius 1 is 1.20 bits per heavy atom. The Balaban J connectivity index is 1.66. The molecular weight excluding hydrogens is 491 g/mol. The number of hydrogen-bond acceptors (Lipinski definition) is 5. The van der Waals surface area contributed by atoms with Crippen LogP contribution in [0.5, 0.6) is 0 Å². The predicted octanol–water partition coefficient (Wildman–Crippen LogP) is 5.05. The average molecular weight is 515 g/mol. The largest absolute Gasteiger partial charge is 0.481 e. The second-order valence-corrected chi connectivity index (χ2v) is 9.24. The first-order chi connectivity index (χ1) is 16.8. The number of ether oxygens (including phenoxy) is 1. The van der Waals surface area contributed by atoms with Gasteiger partial charge in [-0.05, 0) is 48.4 Å². The molecule has 4 rings (SSSR count). The van der Waals surface area contributed by atoms with Gasteiger partial charge in [0, 0.05) is 18.4 Å². The summed E-state index contributed by atoms with van der Waals surface area (Å²) in [6.07, 6.45) is 3.51. The maximum atomic E-state index is 13.4. The van der Waals surface area contributed by atoms with E-state index >= 15 is 0 Å². The molecule has 8 nitrogen and oxygen atoms in total. The van der Waals surface area contributed by atoms with Crippen molar-refractivity contribution in [3.05, 3.63) is 69.3 Å². The molecule has 2 atom stereocenters. The zero-order valence-corrected chi connectivity index (χ0v) is 20.2. The zero-order chi connectivity index (χ0) is 25.2. The molecular formula is C25H24Cl2N4O4. The molecule has 2 unspecified atom stereocenters. The number of carboxylic acids is 1. The highest BCUT2D eigenvalue weighted by Gasteiger charge is 2.39. The standard InChI is InChI=1S/C25H24Cl2N4O4/c26-19-7-8-20-18(22(19)27)12-21(31(20)14-29)23(32)30-25(9-11-35-13-25)16-5-3-15(4-6-16)17(24(33)34)2-1-10-28/h3-8,10,12,14,17,28-29H,1-2,9,11,13H2,(H,30,32)(H,33,34). The van der Waals surface area contributed by atoms with Crippen molar-refractivity contribution in [3.63, 3.8) is 0 Å². The van der Waals surface area contributed by atoms with Gasteiger partial charge in [0.15, 0.2) is 0 Å². The molecule has 1 saturated heterocycles. The molecule has 10 heteroatoms. The quantitative estimate of drug-likeness (QED) is 0.235. The summed E-state index contributed by atoms with van der Waals surface area (Å²) >= 11 is 12.5. The number of rotatable bonds is 9. The lowest BCUT2D eigenvalue weighted by molar-refractivity contribution is -0.138. The Hall–Kier alpha value is -3.20. The summed E-state index contributed by atoms with van der Waals surface area (Å²) in [5, 5.41) is 28.9. The number of benzene rings is 2. The topological polar surface area (TPSA) is 128 Å². The molecule has 0 radical (unpaired) electrons. The lowest BCUT2D eigenvalue weighted by Crippen LogP contribution is -2.47. The summed E-state index contributed by atoms with van der Waals surface area (Å²) in [6, 6.07) is 12.1. The molecule has 0 aliphatic carbocycles. The zero-order valence-electron chi connectivity index (χ0n) is 18.7. The molecule has 35 heavy (non-hydrogen) atoms. The Morgan fingerprint density at radius 3 is 2.54 bits per heavy atom. The van der Waals surface area contributed by atoms with Crippen LogP contribution in [0.15, 0.2) is 42.5 Å². The Kier molecular flexibility index (Phi) is 7.25. The van der Waals surface area contributed by atoms with Crippen LogP contribution in [0.2, 0.25) is 10.0 Å². The molecule has 1 amide bonds. The number of carbonyl (C=O) groups is 2. The number of aromatic nitrogens is 1. The van der Waals surface area contributed by atoms with E-state index in [2.05, 4.69) is 5.32 Å². The van der Waals surface area contributed by atoms with Gasteiger partial charge in [-0.15, -0.1) is 0 Å². The van der Waals surface area contributed by atoms with Gasteiger partial charge in [-0.2, -0.15) is 0 Å². The molecule has 182 valence electrons. The summed E-state index contributed by atoms with van der Waals surface area (Å²) in [5.41, 5.74) is 1.44. The van der Waals surface area contributed by atoms with Crippen molar-refractivity contribution in [1.29, 1.82) is 10.8 Å². The lowest BCUT2D eigenvalue weighted by Gasteiger charge is -2.30. The summed E-state index contributed by atoms with van der Waals surface area (Å²) in [7, 11) is 0. The molecule has 1 aliphatic heterocycles. The average Bonchev–Trinajstić information content (AvgIpc) is 3.47. The number of hydrogen-bond donors (Lipinski definition) is 4. The van der Waals surface area contributed by atoms with Gasteiger partial charge in [0.2, 0.25) is 0 Å². The molecule has 0 spiro atoms. The van der Waals surface area contributed by atoms with Crippen LogP contribution >= 0.6 is 23.2 Å². The van der Waals surface area contributed by atoms with Crippen LogP contribution in [0, 0.1) is 10.8 Å². The van der Waals surface area contributed by atoms with E-state index in [9.17, 15) is 14.7 Å². The van der Waals surface area contributed by atoms with E-state index in [0.717, 1.165) is 11.9 Å². The number of amides is 1. The fourth-order valence-corrected chi connectivity index (χ4v) is 4.89. The van der Waals surface area contributed by atoms with Gasteiger partial charge in [0.1, 0.15) is 5.69 Å². The van der Waals surface area contributed by atoms with Crippen molar-refractivity contribution in [2.75, 3.05) is 13.2 Å². The van der Waals surface area contributed by atoms with Crippen LogP contribution in [-0.4, -0.2) is 47.3 Å². The molecule has 4 N–H and O–H groups in total. The van der Waals surface area contributed by atoms with Crippen LogP contribution < -0.4 is 5.32 Å². The molecule has 3 aromatic rings. The summed E-state index contributed by atoms with van der Waals surface area (Å²) < 4.78 is 7.09. The van der Waals surface area contributed by atoms with Crippen LogP contribution in [0.3, 0.4) is 0 Å². The van der Waals surface area contributed by atoms with Gasteiger partial charge >= 0.3 is 5.97 Å². The van der Waals surface area contributed by atoms with Gasteiger partial charge in [0.05, 0.1) is 40.0 Å². The number of nitrogens with zero attached hydrogens (tertiary/aromatic N) is 1. The second-order valence-electron chi connectivity index (χ2n) is 8.46. The highest BCUT2D eigenvalue weighted by atomic mass is 35.5. The fraction of sp³-hybridized carbons (Fsp3) is 0.280. The summed E-state index contributed by atoms with van der Waals surface area (Å²) in [4.78, 5) is 25.1. The highest BCUT2D eigenvalue weighted by Crippen LogP contribution is 2.35. The molecule has 1 aliphatic rings. The number of nitrogens with one attached hydrogen (secondary N) is 3. The summed E-state index contributed by atoms with van der Waals surface area (Å²) in [5.74, 6) is -2.05. The van der Waals surface area contributed by atoms with Crippen LogP contribution in [0.4, 0.5) is 0 Å². The van der Waals surface area contributed by atoms with Crippen molar-refractivity contribution in [1.82, 2.24) is 9.88 Å². The van der Waals surface area contributed by atoms with Crippen molar-refractivity contribution < 1.29 is 19.4 Å². The van der Waals surface area contributed by atoms with Crippen molar-refractivity contribution >= 4 is 58.5 Å². The minimum Gasteiger partial charge on any atom is -0.481 e. The van der Waals surface area contributed by atoms with Gasteiger partial charge in [-0.25, -0.2) is 0 Å². The number of fused-ring (bicyclic) bond motifs is 1. The number of carboxylic acid groups (broad SMARTS) is 1. The first-order valence-electron chi connectivity index (χ1n) is 11.0. The van der Waals surface area contributed by atoms with E-state index in [1.165, 1.54) is 10.8 Å². The van der Waals surface area contributed by atoms with Crippen LogP contribution in [-0.2, 0) is 15.1 Å². The van der Waals surface area contributed by atoms with Crippen molar-refractivity contribution in [2.45, 2.75) is 30.7 Å². The van der Waals surface area contributed by atoms with Crippen molar-refractivity contribution in [2.24, 2.45) is 0 Å². The number of halogens is 2. The van der Waals surface area contributed by atoms with Crippen LogP contribution in [0.1, 0.15) is 46.8 Å². The molecule has 1 fully saturated rings. The van der Waals surface area contributed by atoms with Gasteiger partial charge in [-0.3, -0.25) is 19.6 Å². The Bertz CT molecular complexity index is 1300. The molecule has 2 aromatic carbocycles. The SMILES string of the molecule is N=CCCC(C(=O)O)c1ccc(C2(NC(=O)c3cc4c(Cl)c(Cl)ccc4n3C=N)CCOC2)cc1. The minimum atomic E-state index is -0.940. The summed E-state index contributed by atoms with van der Waals surface area (Å²) in [6.45, 7) is 0.708. The predicted molar refractivity (Wildman–Crippen MR) is 136 cm³/mol. The van der Waals surface area contributed by atoms with E-state index in [1.807, 2.05) is 12.1 Å². The van der Waals surface area contributed by atoms with E-state index in [4.69, 9.17) is 38.8 Å². The van der Waals surface area contributed by atoms with Gasteiger partial charge < -0.3 is 20.6 Å². The highest BCUT2D eigenvalue weighted by molar-refractivity contribution is 6.45. The maximum absolute atomic E-state index is 13.4. The Labute approximate surface area is 211 Å². The van der Waals surface area contributed by atoms with Gasteiger partial charge in [0.25, 0.3) is 5.91 Å². The number of carbonyl (C=O) groups excluding carboxylic acids is 1. The third-order valence-corrected chi connectivity index (χ3v) is 7.23. The fourth-order valence-electron chi connectivity index (χ4n) is 4.52. The molecule has 0 bridgehead atoms.